The third kappa shape index (κ3) is 6.69. The van der Waals surface area contributed by atoms with E-state index in [1.54, 1.807) is 0 Å². The number of amides is 2. The van der Waals surface area contributed by atoms with Crippen LogP contribution in [0.4, 0.5) is 42.1 Å². The third-order valence-electron chi connectivity index (χ3n) is 4.61. The quantitative estimate of drug-likeness (QED) is 0.306. The highest BCUT2D eigenvalue weighted by molar-refractivity contribution is 6.06. The fraction of sp³-hybridized carbons (Fsp3) is 0.0833. The maximum atomic E-state index is 13.6. The van der Waals surface area contributed by atoms with Crippen LogP contribution in [0.1, 0.15) is 21.5 Å². The molecule has 2 N–H and O–H groups in total. The molecule has 0 saturated carbocycles. The lowest BCUT2D eigenvalue weighted by molar-refractivity contribution is -0.136. The van der Waals surface area contributed by atoms with Gasteiger partial charge in [0.05, 0.1) is 16.8 Å². The first-order valence-corrected chi connectivity index (χ1v) is 9.78. The van der Waals surface area contributed by atoms with Crippen LogP contribution in [-0.2, 0) is 11.0 Å². The van der Waals surface area contributed by atoms with Crippen LogP contribution >= 0.6 is 0 Å². The van der Waals surface area contributed by atoms with E-state index in [0.29, 0.717) is 6.07 Å². The van der Waals surface area contributed by atoms with Crippen LogP contribution < -0.4 is 10.6 Å². The molecular formula is C24H15F7N2O2. The highest BCUT2D eigenvalue weighted by atomic mass is 19.4. The van der Waals surface area contributed by atoms with Crippen molar-refractivity contribution in [2.45, 2.75) is 12.4 Å². The minimum Gasteiger partial charge on any atom is -0.322 e. The van der Waals surface area contributed by atoms with E-state index in [2.05, 4.69) is 5.32 Å². The Morgan fingerprint density at radius 3 is 1.94 bits per heavy atom. The summed E-state index contributed by atoms with van der Waals surface area (Å²) in [4.78, 5) is 24.4. The minimum atomic E-state index is -5.02. The molecule has 2 amide bonds. The highest BCUT2D eigenvalue weighted by Gasteiger charge is 2.36. The number of anilines is 2. The van der Waals surface area contributed by atoms with Crippen molar-refractivity contribution in [3.8, 4) is 0 Å². The molecule has 0 aliphatic rings. The Balaban J connectivity index is 1.88. The average molecular weight is 496 g/mol. The Hall–Kier alpha value is -4.15. The second-order valence-electron chi connectivity index (χ2n) is 7.13. The maximum Gasteiger partial charge on any atom is 0.418 e. The van der Waals surface area contributed by atoms with Gasteiger partial charge in [-0.25, -0.2) is 4.39 Å². The third-order valence-corrected chi connectivity index (χ3v) is 4.61. The van der Waals surface area contributed by atoms with E-state index < -0.39 is 46.8 Å². The lowest BCUT2D eigenvalue weighted by Crippen LogP contribution is -2.19. The van der Waals surface area contributed by atoms with Crippen LogP contribution in [0.3, 0.4) is 0 Å². The molecule has 0 heterocycles. The van der Waals surface area contributed by atoms with Crippen LogP contribution in [-0.4, -0.2) is 18.0 Å². The molecule has 3 rings (SSSR count). The van der Waals surface area contributed by atoms with Gasteiger partial charge in [-0.15, -0.1) is 0 Å². The Morgan fingerprint density at radius 2 is 1.37 bits per heavy atom. The standard InChI is InChI=1S/C24H15F7N2O2/c25-16-8-6-15(7-9-16)22(35)32-17-10-11-20(19(12-17)24(29,30)31)33-21(34)13-18(23(26,27)28)14-4-2-1-3-5-14/h1-13H,(H,32,35)(H,33,34)/b18-13-. The Kier molecular flexibility index (Phi) is 7.28. The fourth-order valence-corrected chi connectivity index (χ4v) is 3.02. The molecule has 3 aromatic rings. The number of halogens is 7. The van der Waals surface area contributed by atoms with Crippen LogP contribution in [0, 0.1) is 5.82 Å². The molecule has 0 saturated heterocycles. The van der Waals surface area contributed by atoms with Gasteiger partial charge in [0.25, 0.3) is 5.91 Å². The molecule has 0 radical (unpaired) electrons. The van der Waals surface area contributed by atoms with Crippen molar-refractivity contribution in [1.29, 1.82) is 0 Å². The summed E-state index contributed by atoms with van der Waals surface area (Å²) in [7, 11) is 0. The molecule has 0 bridgehead atoms. The van der Waals surface area contributed by atoms with Crippen molar-refractivity contribution < 1.29 is 40.3 Å². The number of rotatable bonds is 5. The number of carbonyl (C=O) groups excluding carboxylic acids is 2. The molecule has 182 valence electrons. The topological polar surface area (TPSA) is 58.2 Å². The van der Waals surface area contributed by atoms with Crippen LogP contribution in [0.2, 0.25) is 0 Å². The maximum absolute atomic E-state index is 13.6. The van der Waals surface area contributed by atoms with Gasteiger partial charge in [0.1, 0.15) is 5.82 Å². The molecule has 4 nitrogen and oxygen atoms in total. The van der Waals surface area contributed by atoms with Gasteiger partial charge in [-0.1, -0.05) is 30.3 Å². The van der Waals surface area contributed by atoms with Crippen molar-refractivity contribution in [2.24, 2.45) is 0 Å². The summed E-state index contributed by atoms with van der Waals surface area (Å²) in [6.45, 7) is 0. The number of hydrogen-bond donors (Lipinski definition) is 2. The number of benzene rings is 3. The van der Waals surface area contributed by atoms with Crippen LogP contribution in [0.5, 0.6) is 0 Å². The van der Waals surface area contributed by atoms with Crippen molar-refractivity contribution in [3.63, 3.8) is 0 Å². The summed E-state index contributed by atoms with van der Waals surface area (Å²) in [5.41, 5.74) is -4.22. The van der Waals surface area contributed by atoms with Gasteiger partial charge in [-0.2, -0.15) is 26.3 Å². The second-order valence-corrected chi connectivity index (χ2v) is 7.13. The van der Waals surface area contributed by atoms with Crippen molar-refractivity contribution in [1.82, 2.24) is 0 Å². The Bertz CT molecular complexity index is 1250. The van der Waals surface area contributed by atoms with E-state index >= 15 is 0 Å². The van der Waals surface area contributed by atoms with E-state index in [9.17, 15) is 40.3 Å². The second kappa shape index (κ2) is 10.00. The van der Waals surface area contributed by atoms with Gasteiger partial charge in [0, 0.05) is 17.3 Å². The molecule has 35 heavy (non-hydrogen) atoms. The predicted octanol–water partition coefficient (Wildman–Crippen LogP) is 6.68. The minimum absolute atomic E-state index is 0.0249. The van der Waals surface area contributed by atoms with Crippen molar-refractivity contribution in [3.05, 3.63) is 101 Å². The summed E-state index contributed by atoms with van der Waals surface area (Å²) < 4.78 is 94.1. The zero-order valence-corrected chi connectivity index (χ0v) is 17.5. The monoisotopic (exact) mass is 496 g/mol. The van der Waals surface area contributed by atoms with Crippen LogP contribution in [0.25, 0.3) is 5.57 Å². The van der Waals surface area contributed by atoms with E-state index in [1.807, 2.05) is 5.32 Å². The van der Waals surface area contributed by atoms with Gasteiger partial charge >= 0.3 is 12.4 Å². The molecule has 0 spiro atoms. The van der Waals surface area contributed by atoms with Gasteiger partial charge in [0.2, 0.25) is 5.91 Å². The molecular weight excluding hydrogens is 481 g/mol. The smallest absolute Gasteiger partial charge is 0.322 e. The van der Waals surface area contributed by atoms with E-state index in [0.717, 1.165) is 48.5 Å². The number of alkyl halides is 6. The summed E-state index contributed by atoms with van der Waals surface area (Å²) in [6, 6.07) is 12.9. The van der Waals surface area contributed by atoms with Crippen molar-refractivity contribution in [2.75, 3.05) is 10.6 Å². The SMILES string of the molecule is O=C(/C=C(/c1ccccc1)C(F)(F)F)Nc1ccc(NC(=O)c2ccc(F)cc2)cc1C(F)(F)F. The molecule has 0 aromatic heterocycles. The Labute approximate surface area is 194 Å². The number of nitrogens with one attached hydrogen (secondary N) is 2. The largest absolute Gasteiger partial charge is 0.418 e. The van der Waals surface area contributed by atoms with Gasteiger partial charge < -0.3 is 10.6 Å². The average Bonchev–Trinajstić information content (AvgIpc) is 2.78. The van der Waals surface area contributed by atoms with E-state index in [4.69, 9.17) is 0 Å². The van der Waals surface area contributed by atoms with E-state index in [-0.39, 0.29) is 22.9 Å². The lowest BCUT2D eigenvalue weighted by Gasteiger charge is -2.16. The van der Waals surface area contributed by atoms with Crippen LogP contribution in [0.15, 0.2) is 78.9 Å². The van der Waals surface area contributed by atoms with Gasteiger partial charge in [0.15, 0.2) is 0 Å². The zero-order chi connectivity index (χ0) is 25.8. The fourth-order valence-electron chi connectivity index (χ4n) is 3.02. The molecule has 0 atom stereocenters. The first-order valence-electron chi connectivity index (χ1n) is 9.78. The van der Waals surface area contributed by atoms with Gasteiger partial charge in [-0.3, -0.25) is 9.59 Å². The van der Waals surface area contributed by atoms with E-state index in [1.165, 1.54) is 18.2 Å². The first kappa shape index (κ1) is 25.5. The summed E-state index contributed by atoms with van der Waals surface area (Å²) in [5.74, 6) is -2.87. The molecule has 11 heteroatoms. The first-order chi connectivity index (χ1) is 16.3. The molecule has 0 fully saturated rings. The number of carbonyl (C=O) groups is 2. The predicted molar refractivity (Wildman–Crippen MR) is 115 cm³/mol. The summed E-state index contributed by atoms with van der Waals surface area (Å²) >= 11 is 0. The van der Waals surface area contributed by atoms with Crippen molar-refractivity contribution >= 4 is 28.8 Å². The summed E-state index contributed by atoms with van der Waals surface area (Å²) in [5, 5.41) is 4.03. The lowest BCUT2D eigenvalue weighted by atomic mass is 10.0. The highest BCUT2D eigenvalue weighted by Crippen LogP contribution is 2.37. The normalized spacial score (nSPS) is 12.3. The Morgan fingerprint density at radius 1 is 0.743 bits per heavy atom. The molecule has 0 aliphatic heterocycles. The summed E-state index contributed by atoms with van der Waals surface area (Å²) in [6.07, 6.45) is -9.80. The number of hydrogen-bond acceptors (Lipinski definition) is 2. The number of allylic oxidation sites excluding steroid dienone is 1. The molecule has 0 unspecified atom stereocenters. The molecule has 3 aromatic carbocycles. The van der Waals surface area contributed by atoms with Gasteiger partial charge in [-0.05, 0) is 48.0 Å². The molecule has 0 aliphatic carbocycles. The zero-order valence-electron chi connectivity index (χ0n) is 17.5.